The van der Waals surface area contributed by atoms with Crippen LogP contribution < -0.4 is 0 Å². The number of aliphatic hydroxyl groups is 1. The third kappa shape index (κ3) is 1.69. The van der Waals surface area contributed by atoms with Crippen molar-refractivity contribution < 1.29 is 5.11 Å². The van der Waals surface area contributed by atoms with Crippen LogP contribution in [0.1, 0.15) is 11.7 Å². The molecule has 10 heavy (non-hydrogen) atoms. The highest BCUT2D eigenvalue weighted by atomic mass is 28.1. The zero-order valence-corrected chi connectivity index (χ0v) is 8.12. The molecule has 1 aromatic carbocycles. The molecule has 1 aromatic rings. The summed E-state index contributed by atoms with van der Waals surface area (Å²) in [5.41, 5.74) is 1.04. The van der Waals surface area contributed by atoms with Gasteiger partial charge in [-0.2, -0.15) is 0 Å². The Morgan fingerprint density at radius 3 is 2.40 bits per heavy atom. The summed E-state index contributed by atoms with van der Waals surface area (Å²) >= 11 is 0. The van der Waals surface area contributed by atoms with E-state index < -0.39 is 0 Å². The molecule has 54 valence electrons. The topological polar surface area (TPSA) is 20.2 Å². The monoisotopic (exact) mass is 152 g/mol. The average molecular weight is 152 g/mol. The fourth-order valence-corrected chi connectivity index (χ4v) is 1.38. The van der Waals surface area contributed by atoms with E-state index in [-0.39, 0.29) is 6.10 Å². The normalized spacial score (nSPS) is 13.3. The summed E-state index contributed by atoms with van der Waals surface area (Å²) in [5.74, 6) is 0. The first-order chi connectivity index (χ1) is 4.84. The molecule has 1 atom stereocenters. The van der Waals surface area contributed by atoms with Crippen LogP contribution in [0.15, 0.2) is 30.3 Å². The first-order valence-corrected chi connectivity index (χ1v) is 4.99. The Kier molecular flexibility index (Phi) is 2.65. The molecule has 1 rings (SSSR count). The quantitative estimate of drug-likeness (QED) is 0.612. The Bertz CT molecular complexity index is 186. The largest absolute Gasteiger partial charge is 0.389 e. The van der Waals surface area contributed by atoms with E-state index in [4.69, 9.17) is 0 Å². The number of rotatable bonds is 2. The van der Waals surface area contributed by atoms with Gasteiger partial charge in [-0.3, -0.25) is 0 Å². The van der Waals surface area contributed by atoms with Gasteiger partial charge in [-0.05, 0) is 11.6 Å². The van der Waals surface area contributed by atoms with Crippen LogP contribution >= 0.6 is 0 Å². The fourth-order valence-electron chi connectivity index (χ4n) is 0.911. The lowest BCUT2D eigenvalue weighted by atomic mass is 10.1. The van der Waals surface area contributed by atoms with Gasteiger partial charge in [0, 0.05) is 10.2 Å². The Morgan fingerprint density at radius 1 is 1.30 bits per heavy atom. The van der Waals surface area contributed by atoms with Gasteiger partial charge in [0.25, 0.3) is 0 Å². The van der Waals surface area contributed by atoms with Crippen LogP contribution in [0.4, 0.5) is 0 Å². The molecule has 0 aliphatic rings. The zero-order chi connectivity index (χ0) is 7.40. The van der Waals surface area contributed by atoms with E-state index in [9.17, 15) is 5.11 Å². The first kappa shape index (κ1) is 7.50. The molecular weight excluding hydrogens is 140 g/mol. The Morgan fingerprint density at radius 2 is 1.90 bits per heavy atom. The van der Waals surface area contributed by atoms with Gasteiger partial charge in [0.1, 0.15) is 0 Å². The third-order valence-electron chi connectivity index (χ3n) is 1.57. The maximum Gasteiger partial charge on any atom is 0.0758 e. The molecule has 0 bridgehead atoms. The van der Waals surface area contributed by atoms with Gasteiger partial charge in [0.15, 0.2) is 0 Å². The molecule has 0 aromatic heterocycles. The lowest BCUT2D eigenvalue weighted by Crippen LogP contribution is -1.94. The van der Waals surface area contributed by atoms with Crippen molar-refractivity contribution in [2.24, 2.45) is 0 Å². The second-order valence-corrected chi connectivity index (χ2v) is 3.15. The molecule has 0 amide bonds. The van der Waals surface area contributed by atoms with Crippen LogP contribution in [-0.2, 0) is 0 Å². The predicted molar refractivity (Wildman–Crippen MR) is 46.1 cm³/mol. The van der Waals surface area contributed by atoms with E-state index in [1.165, 1.54) is 0 Å². The Hall–Kier alpha value is -0.603. The van der Waals surface area contributed by atoms with Crippen LogP contribution in [0.2, 0.25) is 6.04 Å². The molecule has 1 unspecified atom stereocenters. The van der Waals surface area contributed by atoms with Crippen LogP contribution in [0.3, 0.4) is 0 Å². The van der Waals surface area contributed by atoms with Gasteiger partial charge in [0.05, 0.1) is 6.10 Å². The minimum Gasteiger partial charge on any atom is -0.389 e. The molecule has 0 radical (unpaired) electrons. The molecule has 1 N–H and O–H groups in total. The lowest BCUT2D eigenvalue weighted by Gasteiger charge is -2.05. The summed E-state index contributed by atoms with van der Waals surface area (Å²) in [6.45, 7) is 0. The minimum atomic E-state index is -0.229. The van der Waals surface area contributed by atoms with Crippen molar-refractivity contribution in [1.29, 1.82) is 0 Å². The van der Waals surface area contributed by atoms with E-state index >= 15 is 0 Å². The SMILES string of the molecule is OC(C[SiH3])c1ccccc1. The van der Waals surface area contributed by atoms with Crippen LogP contribution in [-0.4, -0.2) is 15.3 Å². The summed E-state index contributed by atoms with van der Waals surface area (Å²) in [4.78, 5) is 0. The first-order valence-electron chi connectivity index (χ1n) is 3.57. The summed E-state index contributed by atoms with van der Waals surface area (Å²) in [5, 5.41) is 9.36. The highest BCUT2D eigenvalue weighted by molar-refractivity contribution is 6.08. The minimum absolute atomic E-state index is 0.229. The summed E-state index contributed by atoms with van der Waals surface area (Å²) in [6, 6.07) is 10.7. The molecule has 0 saturated carbocycles. The van der Waals surface area contributed by atoms with E-state index in [0.717, 1.165) is 21.9 Å². The highest BCUT2D eigenvalue weighted by Gasteiger charge is 2.00. The van der Waals surface area contributed by atoms with Crippen molar-refractivity contribution in [3.05, 3.63) is 35.9 Å². The Labute approximate surface area is 64.1 Å². The molecule has 0 spiro atoms. The molecular formula is C8H12OSi. The summed E-state index contributed by atoms with van der Waals surface area (Å²) in [7, 11) is 1.06. The highest BCUT2D eigenvalue weighted by Crippen LogP contribution is 2.13. The molecule has 0 saturated heterocycles. The van der Waals surface area contributed by atoms with Gasteiger partial charge in [-0.25, -0.2) is 0 Å². The molecule has 0 heterocycles. The number of aliphatic hydroxyl groups excluding tert-OH is 1. The number of benzene rings is 1. The van der Waals surface area contributed by atoms with Gasteiger partial charge >= 0.3 is 0 Å². The van der Waals surface area contributed by atoms with Crippen molar-refractivity contribution in [3.63, 3.8) is 0 Å². The Balaban J connectivity index is 2.75. The van der Waals surface area contributed by atoms with Gasteiger partial charge in [-0.15, -0.1) is 0 Å². The van der Waals surface area contributed by atoms with Crippen molar-refractivity contribution in [1.82, 2.24) is 0 Å². The van der Waals surface area contributed by atoms with E-state index in [0.29, 0.717) is 0 Å². The zero-order valence-electron chi connectivity index (χ0n) is 6.12. The molecule has 0 aliphatic heterocycles. The average Bonchev–Trinajstić information content (AvgIpc) is 2.05. The van der Waals surface area contributed by atoms with Crippen LogP contribution in [0, 0.1) is 0 Å². The summed E-state index contributed by atoms with van der Waals surface area (Å²) < 4.78 is 0. The van der Waals surface area contributed by atoms with E-state index in [1.54, 1.807) is 0 Å². The second kappa shape index (κ2) is 3.54. The van der Waals surface area contributed by atoms with E-state index in [2.05, 4.69) is 0 Å². The maximum absolute atomic E-state index is 9.36. The maximum atomic E-state index is 9.36. The van der Waals surface area contributed by atoms with Crippen LogP contribution in [0.5, 0.6) is 0 Å². The molecule has 2 heteroatoms. The summed E-state index contributed by atoms with van der Waals surface area (Å²) in [6.07, 6.45) is -0.229. The predicted octanol–water partition coefficient (Wildman–Crippen LogP) is 0.504. The van der Waals surface area contributed by atoms with Gasteiger partial charge < -0.3 is 5.11 Å². The van der Waals surface area contributed by atoms with Crippen molar-refractivity contribution in [2.75, 3.05) is 0 Å². The fraction of sp³-hybridized carbons (Fsp3) is 0.250. The number of hydrogen-bond acceptors (Lipinski definition) is 1. The van der Waals surface area contributed by atoms with E-state index in [1.807, 2.05) is 30.3 Å². The molecule has 1 nitrogen and oxygen atoms in total. The van der Waals surface area contributed by atoms with Crippen molar-refractivity contribution >= 4 is 10.2 Å². The van der Waals surface area contributed by atoms with Crippen molar-refractivity contribution in [3.8, 4) is 0 Å². The lowest BCUT2D eigenvalue weighted by molar-refractivity contribution is 0.200. The second-order valence-electron chi connectivity index (χ2n) is 2.33. The smallest absolute Gasteiger partial charge is 0.0758 e. The van der Waals surface area contributed by atoms with Gasteiger partial charge in [0.2, 0.25) is 0 Å². The number of hydrogen-bond donors (Lipinski definition) is 1. The van der Waals surface area contributed by atoms with Crippen LogP contribution in [0.25, 0.3) is 0 Å². The standard InChI is InChI=1S/C8H12OSi/c9-8(6-10)7-4-2-1-3-5-7/h1-5,8-9H,6H2,10H3. The third-order valence-corrected chi connectivity index (χ3v) is 2.34. The molecule has 0 aliphatic carbocycles. The van der Waals surface area contributed by atoms with Gasteiger partial charge in [-0.1, -0.05) is 30.3 Å². The molecule has 0 fully saturated rings. The van der Waals surface area contributed by atoms with Crippen molar-refractivity contribution in [2.45, 2.75) is 12.1 Å².